The SMILES string of the molecule is CC[C@@H](C)NC(=O)[C@H](CC)N(Cc1cccc(C)c1)C(=O)CN(c1cccc([N+](=O)[O-])c1)S(C)(=O)=O. The predicted octanol–water partition coefficient (Wildman–Crippen LogP) is 3.39. The predicted molar refractivity (Wildman–Crippen MR) is 139 cm³/mol. The number of nitrogens with one attached hydrogen (secondary N) is 1. The van der Waals surface area contributed by atoms with Gasteiger partial charge in [-0.2, -0.15) is 0 Å². The van der Waals surface area contributed by atoms with Crippen LogP contribution in [0.1, 0.15) is 44.7 Å². The Morgan fingerprint density at radius 1 is 1.08 bits per heavy atom. The molecule has 2 aromatic carbocycles. The number of amides is 2. The first-order chi connectivity index (χ1) is 16.9. The molecule has 0 bridgehead atoms. The summed E-state index contributed by atoms with van der Waals surface area (Å²) in [5.74, 6) is -0.923. The number of aryl methyl sites for hydroxylation is 1. The van der Waals surface area contributed by atoms with Gasteiger partial charge in [-0.05, 0) is 38.3 Å². The quantitative estimate of drug-likeness (QED) is 0.339. The molecular formula is C25H34N4O6S. The third kappa shape index (κ3) is 7.77. The van der Waals surface area contributed by atoms with Crippen molar-refractivity contribution in [2.45, 2.75) is 59.2 Å². The van der Waals surface area contributed by atoms with E-state index in [2.05, 4.69) is 5.32 Å². The Morgan fingerprint density at radius 2 is 1.75 bits per heavy atom. The third-order valence-electron chi connectivity index (χ3n) is 5.83. The number of hydrogen-bond acceptors (Lipinski definition) is 6. The molecule has 10 nitrogen and oxygen atoms in total. The Bertz CT molecular complexity index is 1200. The van der Waals surface area contributed by atoms with Crippen LogP contribution in [-0.2, 0) is 26.2 Å². The van der Waals surface area contributed by atoms with Crippen LogP contribution in [0, 0.1) is 17.0 Å². The van der Waals surface area contributed by atoms with Crippen LogP contribution in [-0.4, -0.2) is 54.9 Å². The summed E-state index contributed by atoms with van der Waals surface area (Å²) in [5.41, 5.74) is 1.46. The van der Waals surface area contributed by atoms with Crippen LogP contribution in [0.2, 0.25) is 0 Å². The van der Waals surface area contributed by atoms with Crippen LogP contribution in [0.25, 0.3) is 0 Å². The molecule has 0 aromatic heterocycles. The number of anilines is 1. The van der Waals surface area contributed by atoms with E-state index in [1.54, 1.807) is 6.92 Å². The Morgan fingerprint density at radius 3 is 2.31 bits per heavy atom. The fourth-order valence-electron chi connectivity index (χ4n) is 3.74. The van der Waals surface area contributed by atoms with Gasteiger partial charge < -0.3 is 10.2 Å². The lowest BCUT2D eigenvalue weighted by Crippen LogP contribution is -2.53. The molecule has 0 aliphatic carbocycles. The first-order valence-electron chi connectivity index (χ1n) is 11.7. The fourth-order valence-corrected chi connectivity index (χ4v) is 4.58. The van der Waals surface area contributed by atoms with Crippen molar-refractivity contribution in [3.05, 3.63) is 69.8 Å². The average molecular weight is 519 g/mol. The lowest BCUT2D eigenvalue weighted by Gasteiger charge is -2.33. The molecule has 0 saturated heterocycles. The normalized spacial score (nSPS) is 12.9. The summed E-state index contributed by atoms with van der Waals surface area (Å²) in [6.45, 7) is 6.98. The molecule has 0 heterocycles. The highest BCUT2D eigenvalue weighted by molar-refractivity contribution is 7.92. The van der Waals surface area contributed by atoms with E-state index in [4.69, 9.17) is 0 Å². The minimum absolute atomic E-state index is 0.00680. The highest BCUT2D eigenvalue weighted by atomic mass is 32.2. The van der Waals surface area contributed by atoms with Gasteiger partial charge in [-0.25, -0.2) is 8.42 Å². The van der Waals surface area contributed by atoms with Gasteiger partial charge in [0.2, 0.25) is 21.8 Å². The van der Waals surface area contributed by atoms with Crippen LogP contribution in [0.3, 0.4) is 0 Å². The van der Waals surface area contributed by atoms with Gasteiger partial charge in [0.25, 0.3) is 5.69 Å². The van der Waals surface area contributed by atoms with Gasteiger partial charge in [-0.15, -0.1) is 0 Å². The van der Waals surface area contributed by atoms with Gasteiger partial charge in [0.15, 0.2) is 0 Å². The smallest absolute Gasteiger partial charge is 0.271 e. The molecule has 0 unspecified atom stereocenters. The number of nitro groups is 1. The number of carbonyl (C=O) groups is 2. The molecule has 0 aliphatic heterocycles. The van der Waals surface area contributed by atoms with Gasteiger partial charge in [0.05, 0.1) is 16.9 Å². The van der Waals surface area contributed by atoms with Crippen molar-refractivity contribution in [3.63, 3.8) is 0 Å². The van der Waals surface area contributed by atoms with E-state index in [0.29, 0.717) is 12.8 Å². The highest BCUT2D eigenvalue weighted by Crippen LogP contribution is 2.24. The first-order valence-corrected chi connectivity index (χ1v) is 13.6. The first kappa shape index (κ1) is 28.8. The summed E-state index contributed by atoms with van der Waals surface area (Å²) in [4.78, 5) is 38.7. The molecule has 11 heteroatoms. The lowest BCUT2D eigenvalue weighted by atomic mass is 10.1. The molecule has 1 N–H and O–H groups in total. The van der Waals surface area contributed by atoms with Gasteiger partial charge >= 0.3 is 0 Å². The molecule has 0 fully saturated rings. The Labute approximate surface area is 212 Å². The van der Waals surface area contributed by atoms with E-state index >= 15 is 0 Å². The van der Waals surface area contributed by atoms with Crippen molar-refractivity contribution in [1.29, 1.82) is 0 Å². The van der Waals surface area contributed by atoms with Gasteiger partial charge in [-0.1, -0.05) is 49.7 Å². The molecular weight excluding hydrogens is 484 g/mol. The number of benzene rings is 2. The van der Waals surface area contributed by atoms with Crippen LogP contribution >= 0.6 is 0 Å². The molecule has 0 saturated carbocycles. The zero-order valence-corrected chi connectivity index (χ0v) is 22.1. The number of nitrogens with zero attached hydrogens (tertiary/aromatic N) is 3. The zero-order valence-electron chi connectivity index (χ0n) is 21.3. The fraction of sp³-hybridized carbons (Fsp3) is 0.440. The van der Waals surface area contributed by atoms with Crippen molar-refractivity contribution in [2.24, 2.45) is 0 Å². The topological polar surface area (TPSA) is 130 Å². The standard InChI is InChI=1S/C25H34N4O6S/c1-6-19(4)26-25(31)23(7-2)27(16-20-11-8-10-18(3)14-20)24(30)17-28(36(5,34)35)21-12-9-13-22(15-21)29(32)33/h8-15,19,23H,6-7,16-17H2,1-5H3,(H,26,31)/t19-,23+/m1/s1. The maximum atomic E-state index is 13.6. The third-order valence-corrected chi connectivity index (χ3v) is 6.97. The van der Waals surface area contributed by atoms with E-state index < -0.39 is 33.4 Å². The monoisotopic (exact) mass is 518 g/mol. The minimum Gasteiger partial charge on any atom is -0.352 e. The van der Waals surface area contributed by atoms with Gasteiger partial charge in [0.1, 0.15) is 12.6 Å². The summed E-state index contributed by atoms with van der Waals surface area (Å²) in [7, 11) is -3.98. The van der Waals surface area contributed by atoms with Gasteiger partial charge in [-0.3, -0.25) is 24.0 Å². The second-order valence-electron chi connectivity index (χ2n) is 8.80. The van der Waals surface area contributed by atoms with Crippen molar-refractivity contribution < 1.29 is 22.9 Å². The summed E-state index contributed by atoms with van der Waals surface area (Å²) < 4.78 is 26.1. The van der Waals surface area contributed by atoms with Crippen molar-refractivity contribution in [1.82, 2.24) is 10.2 Å². The minimum atomic E-state index is -3.98. The van der Waals surface area contributed by atoms with E-state index in [1.807, 2.05) is 45.0 Å². The zero-order chi connectivity index (χ0) is 27.0. The second kappa shape index (κ2) is 12.5. The molecule has 0 radical (unpaired) electrons. The number of rotatable bonds is 12. The molecule has 0 spiro atoms. The molecule has 2 aromatic rings. The van der Waals surface area contributed by atoms with Crippen LogP contribution in [0.4, 0.5) is 11.4 Å². The Hall–Kier alpha value is -3.47. The lowest BCUT2D eigenvalue weighted by molar-refractivity contribution is -0.384. The van der Waals surface area contributed by atoms with E-state index in [1.165, 1.54) is 23.1 Å². The molecule has 196 valence electrons. The average Bonchev–Trinajstić information content (AvgIpc) is 2.81. The largest absolute Gasteiger partial charge is 0.352 e. The molecule has 2 atom stereocenters. The van der Waals surface area contributed by atoms with Crippen LogP contribution in [0.5, 0.6) is 0 Å². The summed E-state index contributed by atoms with van der Waals surface area (Å²) >= 11 is 0. The summed E-state index contributed by atoms with van der Waals surface area (Å²) in [5, 5.41) is 14.1. The van der Waals surface area contributed by atoms with Crippen molar-refractivity contribution >= 4 is 33.2 Å². The van der Waals surface area contributed by atoms with E-state index in [0.717, 1.165) is 27.8 Å². The second-order valence-corrected chi connectivity index (χ2v) is 10.7. The van der Waals surface area contributed by atoms with Crippen LogP contribution in [0.15, 0.2) is 48.5 Å². The summed E-state index contributed by atoms with van der Waals surface area (Å²) in [6, 6.07) is 11.6. The number of hydrogen-bond donors (Lipinski definition) is 1. The number of non-ortho nitro benzene ring substituents is 1. The molecule has 36 heavy (non-hydrogen) atoms. The van der Waals surface area contributed by atoms with Gasteiger partial charge in [0, 0.05) is 24.7 Å². The summed E-state index contributed by atoms with van der Waals surface area (Å²) in [6.07, 6.45) is 1.95. The maximum absolute atomic E-state index is 13.6. The number of sulfonamides is 1. The highest BCUT2D eigenvalue weighted by Gasteiger charge is 2.32. The molecule has 0 aliphatic rings. The Balaban J connectivity index is 2.48. The van der Waals surface area contributed by atoms with Crippen molar-refractivity contribution in [2.75, 3.05) is 17.1 Å². The van der Waals surface area contributed by atoms with E-state index in [9.17, 15) is 28.1 Å². The Kier molecular flexibility index (Phi) is 9.97. The van der Waals surface area contributed by atoms with E-state index in [-0.39, 0.29) is 29.9 Å². The molecule has 2 rings (SSSR count). The number of nitro benzene ring substituents is 1. The number of carbonyl (C=O) groups excluding carboxylic acids is 2. The maximum Gasteiger partial charge on any atom is 0.271 e. The van der Waals surface area contributed by atoms with Crippen molar-refractivity contribution in [3.8, 4) is 0 Å². The molecule has 2 amide bonds. The van der Waals surface area contributed by atoms with Crippen LogP contribution < -0.4 is 9.62 Å².